The van der Waals surface area contributed by atoms with E-state index >= 15 is 0 Å². The predicted molar refractivity (Wildman–Crippen MR) is 121 cm³/mol. The first kappa shape index (κ1) is 21.2. The Kier molecular flexibility index (Phi) is 6.78. The zero-order valence-corrected chi connectivity index (χ0v) is 18.5. The molecule has 1 amide bonds. The largest absolute Gasteiger partial charge is 0.370 e. The molecule has 0 aliphatic carbocycles. The Labute approximate surface area is 175 Å². The summed E-state index contributed by atoms with van der Waals surface area (Å²) in [4.78, 5) is 21.4. The summed E-state index contributed by atoms with van der Waals surface area (Å²) >= 11 is 0. The number of nitrogens with one attached hydrogen (secondary N) is 1. The first-order valence-electron chi connectivity index (χ1n) is 11.1. The molecule has 5 nitrogen and oxygen atoms in total. The first-order valence-corrected chi connectivity index (χ1v) is 11.1. The number of anilines is 3. The molecule has 2 aliphatic heterocycles. The Morgan fingerprint density at radius 3 is 2.48 bits per heavy atom. The molecule has 4 rings (SSSR count). The average molecular weight is 395 g/mol. The highest BCUT2D eigenvalue weighted by Crippen LogP contribution is 2.34. The molecule has 5 heteroatoms. The van der Waals surface area contributed by atoms with Crippen LogP contribution in [-0.2, 0) is 13.0 Å². The number of hydrogen-bond acceptors (Lipinski definition) is 4. The van der Waals surface area contributed by atoms with Crippen molar-refractivity contribution < 1.29 is 4.79 Å². The van der Waals surface area contributed by atoms with Crippen LogP contribution in [-0.4, -0.2) is 35.4 Å². The normalized spacial score (nSPS) is 15.3. The van der Waals surface area contributed by atoms with E-state index in [1.807, 2.05) is 37.8 Å². The molecule has 0 saturated carbocycles. The van der Waals surface area contributed by atoms with Crippen LogP contribution in [0, 0.1) is 6.92 Å². The van der Waals surface area contributed by atoms with E-state index < -0.39 is 0 Å². The fraction of sp³-hybridized carbons (Fsp3) is 0.500. The van der Waals surface area contributed by atoms with Gasteiger partial charge in [-0.2, -0.15) is 0 Å². The average Bonchev–Trinajstić information content (AvgIpc) is 3.38. The van der Waals surface area contributed by atoms with Gasteiger partial charge in [0.15, 0.2) is 0 Å². The summed E-state index contributed by atoms with van der Waals surface area (Å²) < 4.78 is 0. The summed E-state index contributed by atoms with van der Waals surface area (Å²) in [6, 6.07) is 8.56. The lowest BCUT2D eigenvalue weighted by Gasteiger charge is -2.24. The van der Waals surface area contributed by atoms with Crippen LogP contribution in [0.4, 0.5) is 17.2 Å². The Bertz CT molecular complexity index is 871. The molecule has 0 radical (unpaired) electrons. The number of carbonyl (C=O) groups is 1. The minimum atomic E-state index is 0.0356. The number of rotatable bonds is 5. The van der Waals surface area contributed by atoms with E-state index in [2.05, 4.69) is 41.2 Å². The van der Waals surface area contributed by atoms with Gasteiger partial charge >= 0.3 is 0 Å². The molecule has 3 heterocycles. The minimum Gasteiger partial charge on any atom is -0.370 e. The van der Waals surface area contributed by atoms with Crippen LogP contribution in [0.25, 0.3) is 0 Å². The van der Waals surface area contributed by atoms with Gasteiger partial charge in [0.2, 0.25) is 0 Å². The Hall–Kier alpha value is -2.56. The number of hydrogen-bond donors (Lipinski definition) is 1. The van der Waals surface area contributed by atoms with E-state index in [9.17, 15) is 4.79 Å². The maximum Gasteiger partial charge on any atom is 0.273 e. The fourth-order valence-electron chi connectivity index (χ4n) is 4.13. The highest BCUT2D eigenvalue weighted by molar-refractivity contribution is 5.97. The lowest BCUT2D eigenvalue weighted by Crippen LogP contribution is -2.23. The van der Waals surface area contributed by atoms with Crippen molar-refractivity contribution in [2.45, 2.75) is 60.4 Å². The summed E-state index contributed by atoms with van der Waals surface area (Å²) in [6.07, 6.45) is 3.52. The highest BCUT2D eigenvalue weighted by atomic mass is 16.2. The number of amides is 1. The quantitative estimate of drug-likeness (QED) is 0.748. The van der Waals surface area contributed by atoms with E-state index in [-0.39, 0.29) is 5.91 Å². The molecule has 29 heavy (non-hydrogen) atoms. The fourth-order valence-corrected chi connectivity index (χ4v) is 4.13. The van der Waals surface area contributed by atoms with Crippen molar-refractivity contribution in [3.8, 4) is 0 Å². The van der Waals surface area contributed by atoms with Gasteiger partial charge in [0.25, 0.3) is 5.91 Å². The third-order valence-corrected chi connectivity index (χ3v) is 5.76. The summed E-state index contributed by atoms with van der Waals surface area (Å²) in [6.45, 7) is 14.0. The molecular weight excluding hydrogens is 360 g/mol. The van der Waals surface area contributed by atoms with E-state index in [0.29, 0.717) is 12.2 Å². The molecule has 2 aliphatic rings. The van der Waals surface area contributed by atoms with E-state index in [1.165, 1.54) is 29.7 Å². The molecule has 0 bridgehead atoms. The number of nitrogens with zero attached hydrogens (tertiary/aromatic N) is 3. The third kappa shape index (κ3) is 4.24. The smallest absolute Gasteiger partial charge is 0.273 e. The lowest BCUT2D eigenvalue weighted by molar-refractivity contribution is 0.0783. The zero-order valence-electron chi connectivity index (χ0n) is 18.5. The van der Waals surface area contributed by atoms with Gasteiger partial charge in [-0.25, -0.2) is 4.98 Å². The number of benzene rings is 1. The number of aryl methyl sites for hydroxylation is 2. The third-order valence-electron chi connectivity index (χ3n) is 5.76. The van der Waals surface area contributed by atoms with Crippen LogP contribution in [0.1, 0.15) is 67.7 Å². The summed E-state index contributed by atoms with van der Waals surface area (Å²) in [7, 11) is 0. The van der Waals surface area contributed by atoms with Gasteiger partial charge in [0.05, 0.1) is 11.4 Å². The minimum absolute atomic E-state index is 0.0356. The van der Waals surface area contributed by atoms with Crippen molar-refractivity contribution >= 4 is 23.1 Å². The monoisotopic (exact) mass is 394 g/mol. The number of aromatic nitrogens is 1. The maximum absolute atomic E-state index is 12.5. The van der Waals surface area contributed by atoms with Gasteiger partial charge in [-0.1, -0.05) is 26.8 Å². The molecule has 1 saturated heterocycles. The van der Waals surface area contributed by atoms with E-state index in [4.69, 9.17) is 0 Å². The van der Waals surface area contributed by atoms with Crippen molar-refractivity contribution in [1.29, 1.82) is 0 Å². The van der Waals surface area contributed by atoms with Crippen molar-refractivity contribution in [2.75, 3.05) is 29.9 Å². The van der Waals surface area contributed by atoms with Crippen LogP contribution in [0.15, 0.2) is 24.3 Å². The summed E-state index contributed by atoms with van der Waals surface area (Å²) in [5, 5.41) is 3.50. The molecule has 156 valence electrons. The Morgan fingerprint density at radius 1 is 1.10 bits per heavy atom. The first-order chi connectivity index (χ1) is 14.1. The van der Waals surface area contributed by atoms with Crippen molar-refractivity contribution in [2.24, 2.45) is 0 Å². The molecule has 0 unspecified atom stereocenters. The second-order valence-electron chi connectivity index (χ2n) is 7.49. The summed E-state index contributed by atoms with van der Waals surface area (Å²) in [5.41, 5.74) is 6.61. The molecule has 1 fully saturated rings. The lowest BCUT2D eigenvalue weighted by atomic mass is 10.0. The SMILES string of the molecule is CC.CCc1cc(N2CCCC2)c(Nc2ccc3c(n2)C(=O)N(CC)C3)cc1C. The zero-order chi connectivity index (χ0) is 21.0. The molecular formula is C24H34N4O. The number of carbonyl (C=O) groups excluding carboxylic acids is 1. The maximum atomic E-state index is 12.5. The molecule has 1 N–H and O–H groups in total. The van der Waals surface area contributed by atoms with Crippen molar-refractivity contribution in [3.63, 3.8) is 0 Å². The van der Waals surface area contributed by atoms with E-state index in [1.54, 1.807) is 0 Å². The molecule has 1 aromatic heterocycles. The van der Waals surface area contributed by atoms with Gasteiger partial charge in [0, 0.05) is 31.7 Å². The molecule has 2 aromatic rings. The van der Waals surface area contributed by atoms with Crippen LogP contribution in [0.5, 0.6) is 0 Å². The van der Waals surface area contributed by atoms with Crippen molar-refractivity contribution in [1.82, 2.24) is 9.88 Å². The Morgan fingerprint density at radius 2 is 1.83 bits per heavy atom. The van der Waals surface area contributed by atoms with Gasteiger partial charge < -0.3 is 15.1 Å². The number of fused-ring (bicyclic) bond motifs is 1. The van der Waals surface area contributed by atoms with Crippen molar-refractivity contribution in [3.05, 3.63) is 46.6 Å². The second kappa shape index (κ2) is 9.29. The molecule has 0 atom stereocenters. The molecule has 0 spiro atoms. The van der Waals surface area contributed by atoms with Gasteiger partial charge in [0.1, 0.15) is 11.5 Å². The highest BCUT2D eigenvalue weighted by Gasteiger charge is 2.28. The number of pyridine rings is 1. The second-order valence-corrected chi connectivity index (χ2v) is 7.49. The standard InChI is InChI=1S/C22H28N4O.C2H6/c1-4-16-13-19(26-10-6-7-11-26)18(12-15(16)3)23-20-9-8-17-14-25(5-2)22(27)21(17)24-20;1-2/h8-9,12-13H,4-7,10-11,14H2,1-3H3,(H,23,24);1-2H3. The van der Waals surface area contributed by atoms with Crippen LogP contribution in [0.3, 0.4) is 0 Å². The van der Waals surface area contributed by atoms with Gasteiger partial charge in [-0.05, 0) is 62.4 Å². The molecule has 1 aromatic carbocycles. The van der Waals surface area contributed by atoms with Crippen LogP contribution in [0.2, 0.25) is 0 Å². The summed E-state index contributed by atoms with van der Waals surface area (Å²) in [5.74, 6) is 0.776. The topological polar surface area (TPSA) is 48.5 Å². The van der Waals surface area contributed by atoms with Gasteiger partial charge in [-0.15, -0.1) is 0 Å². The van der Waals surface area contributed by atoms with Crippen LogP contribution < -0.4 is 10.2 Å². The predicted octanol–water partition coefficient (Wildman–Crippen LogP) is 5.30. The Balaban J connectivity index is 0.00000117. The van der Waals surface area contributed by atoms with Crippen LogP contribution >= 0.6 is 0 Å². The van der Waals surface area contributed by atoms with E-state index in [0.717, 1.165) is 43.1 Å². The van der Waals surface area contributed by atoms with Gasteiger partial charge in [-0.3, -0.25) is 4.79 Å².